The molecular formula is C50H32N4. The van der Waals surface area contributed by atoms with Crippen molar-refractivity contribution in [3.63, 3.8) is 0 Å². The van der Waals surface area contributed by atoms with Crippen LogP contribution in [0.25, 0.3) is 65.9 Å². The van der Waals surface area contributed by atoms with Crippen molar-refractivity contribution in [1.82, 2.24) is 9.97 Å². The van der Waals surface area contributed by atoms with Gasteiger partial charge >= 0.3 is 0 Å². The zero-order valence-electron chi connectivity index (χ0n) is 29.3. The van der Waals surface area contributed by atoms with Gasteiger partial charge in [0, 0.05) is 39.3 Å². The van der Waals surface area contributed by atoms with Gasteiger partial charge < -0.3 is 9.80 Å². The summed E-state index contributed by atoms with van der Waals surface area (Å²) >= 11 is 0. The van der Waals surface area contributed by atoms with Gasteiger partial charge in [-0.25, -0.2) is 9.97 Å². The van der Waals surface area contributed by atoms with E-state index in [0.29, 0.717) is 0 Å². The molecule has 0 amide bonds. The van der Waals surface area contributed by atoms with Gasteiger partial charge in [-0.2, -0.15) is 0 Å². The Balaban J connectivity index is 1.23. The van der Waals surface area contributed by atoms with E-state index in [0.717, 1.165) is 67.7 Å². The Labute approximate surface area is 312 Å². The molecule has 0 bridgehead atoms. The van der Waals surface area contributed by atoms with E-state index < -0.39 is 0 Å². The maximum absolute atomic E-state index is 5.68. The molecule has 1 aliphatic rings. The van der Waals surface area contributed by atoms with Gasteiger partial charge in [0.1, 0.15) is 11.0 Å². The smallest absolute Gasteiger partial charge is 0.116 e. The highest BCUT2D eigenvalue weighted by Gasteiger charge is 2.29. The van der Waals surface area contributed by atoms with E-state index in [1.807, 2.05) is 0 Å². The number of hydrogen-bond donors (Lipinski definition) is 0. The molecular weight excluding hydrogens is 657 g/mol. The molecule has 10 aromatic rings. The molecule has 4 nitrogen and oxygen atoms in total. The van der Waals surface area contributed by atoms with Gasteiger partial charge in [0.15, 0.2) is 0 Å². The average molecular weight is 689 g/mol. The molecule has 1 aliphatic carbocycles. The fourth-order valence-corrected chi connectivity index (χ4v) is 8.22. The monoisotopic (exact) mass is 688 g/mol. The van der Waals surface area contributed by atoms with Crippen LogP contribution in [0.5, 0.6) is 0 Å². The van der Waals surface area contributed by atoms with E-state index in [-0.39, 0.29) is 0 Å². The van der Waals surface area contributed by atoms with Crippen molar-refractivity contribution in [2.75, 3.05) is 9.80 Å². The maximum Gasteiger partial charge on any atom is 0.116 e. The largest absolute Gasteiger partial charge is 0.308 e. The topological polar surface area (TPSA) is 32.3 Å². The van der Waals surface area contributed by atoms with E-state index in [9.17, 15) is 0 Å². The van der Waals surface area contributed by atoms with Crippen LogP contribution in [0.4, 0.5) is 34.1 Å². The van der Waals surface area contributed by atoms with Crippen LogP contribution >= 0.6 is 0 Å². The number of benzene rings is 9. The summed E-state index contributed by atoms with van der Waals surface area (Å²) in [4.78, 5) is 16.0. The highest BCUT2D eigenvalue weighted by Crippen LogP contribution is 2.50. The van der Waals surface area contributed by atoms with Crippen LogP contribution in [0.1, 0.15) is 0 Å². The summed E-state index contributed by atoms with van der Waals surface area (Å²) in [6.45, 7) is 0. The molecule has 0 unspecified atom stereocenters. The standard InChI is InChI=1S/C50H32N4/c1-3-19-38(20-4-1)53(40-27-25-33-13-7-9-15-36(33)31-40)44-29-30-45(54(39-21-5-2-6-22-39)41-28-26-34-14-8-10-16-37(34)32-41)50-49(44)51-47-42-23-11-17-35-18-12-24-43(46(35)42)48(47)52-50/h1-32H. The Kier molecular flexibility index (Phi) is 6.82. The zero-order chi connectivity index (χ0) is 35.6. The van der Waals surface area contributed by atoms with Crippen LogP contribution in [0.2, 0.25) is 0 Å². The van der Waals surface area contributed by atoms with Crippen molar-refractivity contribution in [3.8, 4) is 22.5 Å². The average Bonchev–Trinajstić information content (AvgIpc) is 3.55. The first kappa shape index (κ1) is 30.3. The van der Waals surface area contributed by atoms with E-state index >= 15 is 0 Å². The second-order valence-electron chi connectivity index (χ2n) is 13.8. The number of para-hydroxylation sites is 2. The molecule has 0 fully saturated rings. The van der Waals surface area contributed by atoms with E-state index in [2.05, 4.69) is 204 Å². The van der Waals surface area contributed by atoms with Gasteiger partial charge in [-0.15, -0.1) is 0 Å². The van der Waals surface area contributed by atoms with Crippen molar-refractivity contribution >= 4 is 77.5 Å². The van der Waals surface area contributed by atoms with Gasteiger partial charge in [0.25, 0.3) is 0 Å². The predicted molar refractivity (Wildman–Crippen MR) is 226 cm³/mol. The van der Waals surface area contributed by atoms with Gasteiger partial charge in [0.05, 0.1) is 22.8 Å². The third kappa shape index (κ3) is 4.78. The molecule has 1 aromatic heterocycles. The van der Waals surface area contributed by atoms with E-state index in [1.54, 1.807) is 0 Å². The minimum Gasteiger partial charge on any atom is -0.308 e. The fraction of sp³-hybridized carbons (Fsp3) is 0. The molecule has 0 atom stereocenters. The molecule has 54 heavy (non-hydrogen) atoms. The number of hydrogen-bond acceptors (Lipinski definition) is 4. The maximum atomic E-state index is 5.68. The number of rotatable bonds is 6. The van der Waals surface area contributed by atoms with Crippen molar-refractivity contribution < 1.29 is 0 Å². The second-order valence-corrected chi connectivity index (χ2v) is 13.8. The molecule has 0 spiro atoms. The third-order valence-corrected chi connectivity index (χ3v) is 10.7. The Hall–Kier alpha value is -7.30. The van der Waals surface area contributed by atoms with Gasteiger partial charge in [0.2, 0.25) is 0 Å². The molecule has 0 saturated heterocycles. The molecule has 0 radical (unpaired) electrons. The summed E-state index contributed by atoms with van der Waals surface area (Å²) < 4.78 is 0. The summed E-state index contributed by atoms with van der Waals surface area (Å²) in [7, 11) is 0. The molecule has 0 N–H and O–H groups in total. The van der Waals surface area contributed by atoms with Crippen LogP contribution < -0.4 is 9.80 Å². The highest BCUT2D eigenvalue weighted by molar-refractivity contribution is 6.16. The molecule has 11 rings (SSSR count). The first-order chi connectivity index (χ1) is 26.8. The normalized spacial score (nSPS) is 11.7. The zero-order valence-corrected chi connectivity index (χ0v) is 29.3. The minimum absolute atomic E-state index is 0.829. The van der Waals surface area contributed by atoms with Crippen LogP contribution in [-0.2, 0) is 0 Å². The molecule has 0 saturated carbocycles. The summed E-state index contributed by atoms with van der Waals surface area (Å²) in [6, 6.07) is 69.0. The second kappa shape index (κ2) is 12.1. The lowest BCUT2D eigenvalue weighted by molar-refractivity contribution is 1.23. The summed E-state index contributed by atoms with van der Waals surface area (Å²) in [5.74, 6) is 0. The van der Waals surface area contributed by atoms with Crippen molar-refractivity contribution in [2.24, 2.45) is 0 Å². The lowest BCUT2D eigenvalue weighted by Gasteiger charge is -2.30. The van der Waals surface area contributed by atoms with E-state index in [4.69, 9.17) is 9.97 Å². The van der Waals surface area contributed by atoms with Crippen LogP contribution in [0.3, 0.4) is 0 Å². The lowest BCUT2D eigenvalue weighted by Crippen LogP contribution is -2.14. The van der Waals surface area contributed by atoms with Crippen LogP contribution in [-0.4, -0.2) is 9.97 Å². The first-order valence-corrected chi connectivity index (χ1v) is 18.3. The molecule has 0 aliphatic heterocycles. The van der Waals surface area contributed by atoms with E-state index in [1.165, 1.54) is 32.3 Å². The number of anilines is 6. The SMILES string of the molecule is c1ccc(N(c2ccc3ccccc3c2)c2ccc(N(c3ccccc3)c3ccc4ccccc4c3)c3nc4c(nc23)-c2cccc3cccc-4c23)cc1. The summed E-state index contributed by atoms with van der Waals surface area (Å²) in [5, 5.41) is 7.16. The van der Waals surface area contributed by atoms with Gasteiger partial charge in [-0.1, -0.05) is 133 Å². The number of aromatic nitrogens is 2. The number of nitrogens with zero attached hydrogens (tertiary/aromatic N) is 4. The first-order valence-electron chi connectivity index (χ1n) is 18.3. The molecule has 9 aromatic carbocycles. The Morgan fingerprint density at radius 3 is 1.17 bits per heavy atom. The quantitative estimate of drug-likeness (QED) is 0.174. The minimum atomic E-state index is 0.829. The van der Waals surface area contributed by atoms with Crippen LogP contribution in [0, 0.1) is 0 Å². The van der Waals surface area contributed by atoms with Gasteiger partial charge in [-0.3, -0.25) is 0 Å². The Morgan fingerprint density at radius 2 is 0.704 bits per heavy atom. The Bertz CT molecular complexity index is 2860. The van der Waals surface area contributed by atoms with Crippen molar-refractivity contribution in [1.29, 1.82) is 0 Å². The predicted octanol–water partition coefficient (Wildman–Crippen LogP) is 13.7. The van der Waals surface area contributed by atoms with Crippen molar-refractivity contribution in [3.05, 3.63) is 194 Å². The highest BCUT2D eigenvalue weighted by atomic mass is 15.2. The van der Waals surface area contributed by atoms with Crippen LogP contribution in [0.15, 0.2) is 194 Å². The van der Waals surface area contributed by atoms with Crippen molar-refractivity contribution in [2.45, 2.75) is 0 Å². The molecule has 4 heteroatoms. The fourth-order valence-electron chi connectivity index (χ4n) is 8.22. The third-order valence-electron chi connectivity index (χ3n) is 10.7. The number of fused-ring (bicyclic) bond motifs is 6. The summed E-state index contributed by atoms with van der Waals surface area (Å²) in [5.41, 5.74) is 11.8. The summed E-state index contributed by atoms with van der Waals surface area (Å²) in [6.07, 6.45) is 0. The van der Waals surface area contributed by atoms with Gasteiger partial charge in [-0.05, 0) is 87.6 Å². The molecule has 1 heterocycles. The molecule has 252 valence electrons. The Morgan fingerprint density at radius 1 is 0.296 bits per heavy atom. The lowest BCUT2D eigenvalue weighted by atomic mass is 10.0.